The summed E-state index contributed by atoms with van der Waals surface area (Å²) in [7, 11) is -1.43. The van der Waals surface area contributed by atoms with E-state index in [1.54, 1.807) is 17.0 Å². The number of nitrogens with zero attached hydrogens (tertiary/aromatic N) is 2. The van der Waals surface area contributed by atoms with Crippen molar-refractivity contribution in [2.24, 2.45) is 0 Å². The number of carbonyl (C=O) groups excluding carboxylic acids is 2. The van der Waals surface area contributed by atoms with E-state index < -0.39 is 16.1 Å². The maximum Gasteiger partial charge on any atom is 0.251 e. The van der Waals surface area contributed by atoms with Gasteiger partial charge in [0, 0.05) is 31.7 Å². The molecule has 9 heteroatoms. The SMILES string of the molecule is CNCCC[C@H](NC(=O)c1ccc(-c2ccccc2)cc1)C(=O)N1CCN(S(C)(=O)=O)CC1. The van der Waals surface area contributed by atoms with Crippen molar-refractivity contribution in [3.05, 3.63) is 60.2 Å². The molecule has 0 aliphatic carbocycles. The molecule has 1 aliphatic heterocycles. The van der Waals surface area contributed by atoms with Crippen LogP contribution in [0.2, 0.25) is 0 Å². The van der Waals surface area contributed by atoms with Gasteiger partial charge in [-0.05, 0) is 49.7 Å². The zero-order valence-corrected chi connectivity index (χ0v) is 20.0. The second-order valence-corrected chi connectivity index (χ2v) is 10.2. The van der Waals surface area contributed by atoms with Crippen molar-refractivity contribution in [2.45, 2.75) is 18.9 Å². The molecule has 1 fully saturated rings. The fourth-order valence-electron chi connectivity index (χ4n) is 3.89. The van der Waals surface area contributed by atoms with Crippen LogP contribution in [0.15, 0.2) is 54.6 Å². The van der Waals surface area contributed by atoms with Crippen LogP contribution in [0, 0.1) is 0 Å². The lowest BCUT2D eigenvalue weighted by atomic mass is 10.0. The molecule has 3 rings (SSSR count). The maximum absolute atomic E-state index is 13.2. The van der Waals surface area contributed by atoms with Crippen molar-refractivity contribution in [2.75, 3.05) is 46.0 Å². The Labute approximate surface area is 196 Å². The van der Waals surface area contributed by atoms with E-state index in [2.05, 4.69) is 10.6 Å². The normalized spacial score (nSPS) is 15.8. The first-order valence-electron chi connectivity index (χ1n) is 11.1. The first-order chi connectivity index (χ1) is 15.8. The lowest BCUT2D eigenvalue weighted by molar-refractivity contribution is -0.134. The Morgan fingerprint density at radius 3 is 2.12 bits per heavy atom. The monoisotopic (exact) mass is 472 g/mol. The third kappa shape index (κ3) is 6.86. The Morgan fingerprint density at radius 2 is 1.55 bits per heavy atom. The number of hydrogen-bond donors (Lipinski definition) is 2. The minimum Gasteiger partial charge on any atom is -0.340 e. The number of amides is 2. The summed E-state index contributed by atoms with van der Waals surface area (Å²) in [5, 5.41) is 5.96. The molecule has 8 nitrogen and oxygen atoms in total. The fraction of sp³-hybridized carbons (Fsp3) is 0.417. The maximum atomic E-state index is 13.2. The summed E-state index contributed by atoms with van der Waals surface area (Å²) >= 11 is 0. The van der Waals surface area contributed by atoms with Gasteiger partial charge in [0.15, 0.2) is 0 Å². The standard InChI is InChI=1S/C24H32N4O4S/c1-25-14-6-9-22(24(30)27-15-17-28(18-16-27)33(2,31)32)26-23(29)21-12-10-20(11-13-21)19-7-4-3-5-8-19/h3-5,7-8,10-13,22,25H,6,9,14-18H2,1-2H3,(H,26,29)/t22-/m0/s1. The van der Waals surface area contributed by atoms with Gasteiger partial charge in [0.25, 0.3) is 5.91 Å². The summed E-state index contributed by atoms with van der Waals surface area (Å²) in [5.41, 5.74) is 2.57. The summed E-state index contributed by atoms with van der Waals surface area (Å²) in [6, 6.07) is 16.6. The Bertz CT molecular complexity index is 1030. The molecule has 2 aromatic carbocycles. The van der Waals surface area contributed by atoms with Crippen molar-refractivity contribution >= 4 is 21.8 Å². The van der Waals surface area contributed by atoms with Gasteiger partial charge in [-0.3, -0.25) is 9.59 Å². The number of benzene rings is 2. The second-order valence-electron chi connectivity index (χ2n) is 8.20. The molecule has 0 spiro atoms. The van der Waals surface area contributed by atoms with Gasteiger partial charge < -0.3 is 15.5 Å². The van der Waals surface area contributed by atoms with Crippen molar-refractivity contribution < 1.29 is 18.0 Å². The van der Waals surface area contributed by atoms with E-state index in [-0.39, 0.29) is 24.9 Å². The lowest BCUT2D eigenvalue weighted by Crippen LogP contribution is -2.55. The summed E-state index contributed by atoms with van der Waals surface area (Å²) in [4.78, 5) is 27.7. The molecule has 1 saturated heterocycles. The molecule has 0 radical (unpaired) electrons. The predicted octanol–water partition coefficient (Wildman–Crippen LogP) is 1.56. The average molecular weight is 473 g/mol. The highest BCUT2D eigenvalue weighted by molar-refractivity contribution is 7.88. The summed E-state index contributed by atoms with van der Waals surface area (Å²) in [6.45, 7) is 1.89. The molecule has 1 heterocycles. The molecule has 1 aliphatic rings. The van der Waals surface area contributed by atoms with E-state index in [1.165, 1.54) is 10.6 Å². The van der Waals surface area contributed by atoms with Crippen molar-refractivity contribution in [1.82, 2.24) is 19.8 Å². The fourth-order valence-corrected chi connectivity index (χ4v) is 4.71. The average Bonchev–Trinajstić information content (AvgIpc) is 2.83. The van der Waals surface area contributed by atoms with Crippen LogP contribution in [-0.2, 0) is 14.8 Å². The highest BCUT2D eigenvalue weighted by Gasteiger charge is 2.30. The number of nitrogens with one attached hydrogen (secondary N) is 2. The van der Waals surface area contributed by atoms with Crippen LogP contribution in [-0.4, -0.2) is 81.5 Å². The molecule has 1 atom stereocenters. The van der Waals surface area contributed by atoms with Gasteiger partial charge in [-0.2, -0.15) is 4.31 Å². The molecular weight excluding hydrogens is 440 g/mol. The highest BCUT2D eigenvalue weighted by atomic mass is 32.2. The van der Waals surface area contributed by atoms with Crippen LogP contribution in [0.1, 0.15) is 23.2 Å². The molecule has 0 unspecified atom stereocenters. The number of piperazine rings is 1. The zero-order chi connectivity index (χ0) is 23.8. The number of hydrogen-bond acceptors (Lipinski definition) is 5. The first-order valence-corrected chi connectivity index (χ1v) is 13.0. The third-order valence-electron chi connectivity index (χ3n) is 5.80. The molecule has 2 amide bonds. The van der Waals surface area contributed by atoms with Gasteiger partial charge in [0.05, 0.1) is 6.26 Å². The zero-order valence-electron chi connectivity index (χ0n) is 19.2. The van der Waals surface area contributed by atoms with E-state index in [0.29, 0.717) is 25.1 Å². The van der Waals surface area contributed by atoms with Crippen LogP contribution in [0.5, 0.6) is 0 Å². The molecule has 0 bridgehead atoms. The van der Waals surface area contributed by atoms with Gasteiger partial charge >= 0.3 is 0 Å². The van der Waals surface area contributed by atoms with Crippen molar-refractivity contribution in [1.29, 1.82) is 0 Å². The Kier molecular flexibility index (Phi) is 8.60. The minimum atomic E-state index is -3.27. The first kappa shape index (κ1) is 24.9. The summed E-state index contributed by atoms with van der Waals surface area (Å²) in [6.07, 6.45) is 2.40. The second kappa shape index (κ2) is 11.4. The Hall–Kier alpha value is -2.75. The summed E-state index contributed by atoms with van der Waals surface area (Å²) in [5.74, 6) is -0.472. The van der Waals surface area contributed by atoms with Crippen LogP contribution in [0.3, 0.4) is 0 Å². The van der Waals surface area contributed by atoms with Gasteiger partial charge in [0.2, 0.25) is 15.9 Å². The van der Waals surface area contributed by atoms with E-state index in [1.807, 2.05) is 49.5 Å². The van der Waals surface area contributed by atoms with Gasteiger partial charge in [-0.15, -0.1) is 0 Å². The van der Waals surface area contributed by atoms with Crippen LogP contribution < -0.4 is 10.6 Å². The largest absolute Gasteiger partial charge is 0.340 e. The minimum absolute atomic E-state index is 0.173. The topological polar surface area (TPSA) is 98.8 Å². The number of rotatable bonds is 9. The van der Waals surface area contributed by atoms with Crippen LogP contribution in [0.25, 0.3) is 11.1 Å². The molecule has 0 aromatic heterocycles. The Balaban J connectivity index is 1.66. The number of carbonyl (C=O) groups is 2. The predicted molar refractivity (Wildman–Crippen MR) is 129 cm³/mol. The lowest BCUT2D eigenvalue weighted by Gasteiger charge is -2.35. The molecule has 178 valence electrons. The molecule has 2 N–H and O–H groups in total. The Morgan fingerprint density at radius 1 is 0.939 bits per heavy atom. The van der Waals surface area contributed by atoms with Gasteiger partial charge in [0.1, 0.15) is 6.04 Å². The van der Waals surface area contributed by atoms with Gasteiger partial charge in [-0.25, -0.2) is 8.42 Å². The smallest absolute Gasteiger partial charge is 0.251 e. The third-order valence-corrected chi connectivity index (χ3v) is 7.10. The molecule has 33 heavy (non-hydrogen) atoms. The number of sulfonamides is 1. The van der Waals surface area contributed by atoms with E-state index in [9.17, 15) is 18.0 Å². The summed E-state index contributed by atoms with van der Waals surface area (Å²) < 4.78 is 24.9. The van der Waals surface area contributed by atoms with Crippen molar-refractivity contribution in [3.8, 4) is 11.1 Å². The van der Waals surface area contributed by atoms with E-state index in [0.717, 1.165) is 24.1 Å². The molecule has 2 aromatic rings. The van der Waals surface area contributed by atoms with Gasteiger partial charge in [-0.1, -0.05) is 42.5 Å². The quantitative estimate of drug-likeness (QED) is 0.540. The van der Waals surface area contributed by atoms with Crippen LogP contribution in [0.4, 0.5) is 0 Å². The van der Waals surface area contributed by atoms with Crippen molar-refractivity contribution in [3.63, 3.8) is 0 Å². The van der Waals surface area contributed by atoms with E-state index >= 15 is 0 Å². The molecular formula is C24H32N4O4S. The van der Waals surface area contributed by atoms with Crippen LogP contribution >= 0.6 is 0 Å². The molecule has 0 saturated carbocycles. The highest BCUT2D eigenvalue weighted by Crippen LogP contribution is 2.19. The van der Waals surface area contributed by atoms with E-state index in [4.69, 9.17) is 0 Å².